The summed E-state index contributed by atoms with van der Waals surface area (Å²) in [5.74, 6) is 0.857. The summed E-state index contributed by atoms with van der Waals surface area (Å²) >= 11 is 0. The van der Waals surface area contributed by atoms with Gasteiger partial charge in [0.25, 0.3) is 0 Å². The minimum Gasteiger partial charge on any atom is -0.294 e. The molecule has 0 spiro atoms. The smallest absolute Gasteiger partial charge is 0.123 e. The lowest BCUT2D eigenvalue weighted by Gasteiger charge is -2.72. The number of unbranched alkanes of at least 4 members (excludes halogenated alkanes) is 2. The molecule has 0 amide bonds. The van der Waals surface area contributed by atoms with Gasteiger partial charge in [0.1, 0.15) is 5.66 Å². The van der Waals surface area contributed by atoms with Crippen LogP contribution < -0.4 is 0 Å². The molecule has 6 heteroatoms. The van der Waals surface area contributed by atoms with Crippen LogP contribution in [0.15, 0.2) is 0 Å². The van der Waals surface area contributed by atoms with Gasteiger partial charge in [0.15, 0.2) is 0 Å². The number of likely N-dealkylation sites (tertiary alicyclic amines) is 2. The molecule has 5 heterocycles. The molecule has 0 aromatic carbocycles. The summed E-state index contributed by atoms with van der Waals surface area (Å²) in [4.78, 5) is 6.28. The van der Waals surface area contributed by atoms with Gasteiger partial charge in [-0.05, 0) is 96.1 Å². The predicted molar refractivity (Wildman–Crippen MR) is 157 cm³/mol. The van der Waals surface area contributed by atoms with Crippen LogP contribution in [0.4, 0.5) is 0 Å². The van der Waals surface area contributed by atoms with E-state index in [0.717, 1.165) is 5.92 Å². The highest BCUT2D eigenvalue weighted by molar-refractivity contribution is 5.18. The highest BCUT2D eigenvalue weighted by Gasteiger charge is 2.68. The molecule has 5 saturated heterocycles. The first-order valence-electron chi connectivity index (χ1n) is 17.4. The number of nitrogens with zero attached hydrogens (tertiary/aromatic N) is 6. The molecule has 1 saturated carbocycles. The van der Waals surface area contributed by atoms with E-state index in [2.05, 4.69) is 37.0 Å². The Hall–Kier alpha value is -0.240. The van der Waals surface area contributed by atoms with E-state index in [1.54, 1.807) is 0 Å². The molecule has 5 aliphatic heterocycles. The second-order valence-corrected chi connectivity index (χ2v) is 13.7. The van der Waals surface area contributed by atoms with Crippen molar-refractivity contribution in [3.05, 3.63) is 0 Å². The van der Waals surface area contributed by atoms with Crippen LogP contribution in [0.1, 0.15) is 129 Å². The van der Waals surface area contributed by atoms with Crippen LogP contribution in [0, 0.1) is 5.92 Å². The number of hydrogen-bond donors (Lipinski definition) is 0. The summed E-state index contributed by atoms with van der Waals surface area (Å²) in [6.07, 6.45) is 26.7. The zero-order chi connectivity index (χ0) is 25.8. The lowest BCUT2D eigenvalue weighted by molar-refractivity contribution is -0.403. The Morgan fingerprint density at radius 2 is 1.11 bits per heavy atom. The molecule has 6 aliphatic rings. The Bertz CT molecular complexity index is 717. The zero-order valence-electron chi connectivity index (χ0n) is 25.1. The van der Waals surface area contributed by atoms with Gasteiger partial charge in [-0.1, -0.05) is 51.9 Å². The molecule has 6 fully saturated rings. The quantitative estimate of drug-likeness (QED) is 0.334. The van der Waals surface area contributed by atoms with E-state index >= 15 is 0 Å². The van der Waals surface area contributed by atoms with Crippen LogP contribution in [0.5, 0.6) is 0 Å². The minimum atomic E-state index is 0.100. The number of rotatable bonds is 9. The van der Waals surface area contributed by atoms with Crippen LogP contribution in [0.3, 0.4) is 0 Å². The van der Waals surface area contributed by atoms with Crippen LogP contribution in [-0.2, 0) is 0 Å². The summed E-state index contributed by atoms with van der Waals surface area (Å²) in [6, 6.07) is 0. The highest BCUT2D eigenvalue weighted by Crippen LogP contribution is 2.56. The number of hydrazine groups is 3. The third-order valence-electron chi connectivity index (χ3n) is 11.7. The van der Waals surface area contributed by atoms with Crippen molar-refractivity contribution >= 4 is 0 Å². The van der Waals surface area contributed by atoms with Crippen molar-refractivity contribution in [1.29, 1.82) is 0 Å². The lowest BCUT2D eigenvalue weighted by atomic mass is 9.64. The topological polar surface area (TPSA) is 19.4 Å². The van der Waals surface area contributed by atoms with Gasteiger partial charge in [0.2, 0.25) is 0 Å². The van der Waals surface area contributed by atoms with Crippen LogP contribution in [0.2, 0.25) is 0 Å². The summed E-state index contributed by atoms with van der Waals surface area (Å²) in [6.45, 7) is 14.0. The van der Waals surface area contributed by atoms with Crippen molar-refractivity contribution in [1.82, 2.24) is 30.1 Å². The van der Waals surface area contributed by atoms with Gasteiger partial charge < -0.3 is 0 Å². The second kappa shape index (κ2) is 12.7. The third kappa shape index (κ3) is 4.91. The molecule has 6 rings (SSSR count). The van der Waals surface area contributed by atoms with E-state index in [1.807, 2.05) is 0 Å². The molecule has 218 valence electrons. The van der Waals surface area contributed by atoms with Crippen molar-refractivity contribution in [3.8, 4) is 0 Å². The highest BCUT2D eigenvalue weighted by atomic mass is 16.0. The maximum Gasteiger partial charge on any atom is 0.123 e. The van der Waals surface area contributed by atoms with Gasteiger partial charge in [-0.15, -0.1) is 5.12 Å². The summed E-state index contributed by atoms with van der Waals surface area (Å²) in [5.41, 5.74) is 0.388. The van der Waals surface area contributed by atoms with Crippen molar-refractivity contribution < 1.29 is 0 Å². The zero-order valence-corrected chi connectivity index (χ0v) is 25.1. The van der Waals surface area contributed by atoms with Crippen molar-refractivity contribution in [2.24, 2.45) is 5.92 Å². The fraction of sp³-hybridized carbons (Fsp3) is 1.00. The Labute approximate surface area is 234 Å². The van der Waals surface area contributed by atoms with Gasteiger partial charge >= 0.3 is 0 Å². The van der Waals surface area contributed by atoms with E-state index in [0.29, 0.717) is 0 Å². The first-order valence-corrected chi connectivity index (χ1v) is 17.4. The first-order chi connectivity index (χ1) is 18.8. The molecule has 0 radical (unpaired) electrons. The van der Waals surface area contributed by atoms with E-state index in [-0.39, 0.29) is 11.2 Å². The molecular formula is C32H60N6. The molecule has 2 atom stereocenters. The Morgan fingerprint density at radius 1 is 0.553 bits per heavy atom. The molecule has 1 aliphatic carbocycles. The number of piperidine rings is 2. The second-order valence-electron chi connectivity index (χ2n) is 13.7. The van der Waals surface area contributed by atoms with Crippen molar-refractivity contribution in [3.63, 3.8) is 0 Å². The maximum atomic E-state index is 3.16. The Morgan fingerprint density at radius 3 is 1.76 bits per heavy atom. The molecule has 6 nitrogen and oxygen atoms in total. The minimum absolute atomic E-state index is 0.100. The fourth-order valence-electron chi connectivity index (χ4n) is 10.0. The summed E-state index contributed by atoms with van der Waals surface area (Å²) < 4.78 is 0. The van der Waals surface area contributed by atoms with Gasteiger partial charge in [-0.3, -0.25) is 9.80 Å². The van der Waals surface area contributed by atoms with E-state index in [9.17, 15) is 0 Å². The number of hydrogen-bond acceptors (Lipinski definition) is 6. The largest absolute Gasteiger partial charge is 0.294 e. The van der Waals surface area contributed by atoms with Crippen LogP contribution >= 0.6 is 0 Å². The fourth-order valence-corrected chi connectivity index (χ4v) is 10.0. The summed E-state index contributed by atoms with van der Waals surface area (Å²) in [5, 5.41) is 11.7. The average Bonchev–Trinajstić information content (AvgIpc) is 3.78. The standard InChI is InChI=1S/C32H60N6/c1-2-3-8-19-32(34-23-13-14-24-34)31(30-17-6-7-18-30,33-21-9-4-10-22-33)20-29-37(35-25-15-16-26-35)38(32)36-27-11-5-12-28-36/h30H,2-29H2,1H3. The third-order valence-corrected chi connectivity index (χ3v) is 11.7. The Balaban J connectivity index is 1.53. The van der Waals surface area contributed by atoms with Gasteiger partial charge in [-0.2, -0.15) is 5.12 Å². The molecule has 0 N–H and O–H groups in total. The molecule has 38 heavy (non-hydrogen) atoms. The average molecular weight is 529 g/mol. The molecular weight excluding hydrogens is 468 g/mol. The first kappa shape index (κ1) is 27.9. The van der Waals surface area contributed by atoms with E-state index in [1.165, 1.54) is 181 Å². The maximum absolute atomic E-state index is 3.16. The van der Waals surface area contributed by atoms with E-state index < -0.39 is 0 Å². The van der Waals surface area contributed by atoms with Crippen LogP contribution in [-0.4, -0.2) is 100 Å². The molecule has 2 unspecified atom stereocenters. The van der Waals surface area contributed by atoms with E-state index in [4.69, 9.17) is 0 Å². The Kier molecular flexibility index (Phi) is 9.35. The van der Waals surface area contributed by atoms with Gasteiger partial charge in [0, 0.05) is 45.8 Å². The van der Waals surface area contributed by atoms with Gasteiger partial charge in [0.05, 0.1) is 5.54 Å². The SMILES string of the molecule is CCCCCC1(N2CCCC2)N(N2CCCCC2)N(N2CCCC2)CCC1(C1CCCC1)N1CCCCC1. The lowest BCUT2D eigenvalue weighted by Crippen LogP contribution is -2.87. The van der Waals surface area contributed by atoms with Crippen molar-refractivity contribution in [2.45, 2.75) is 140 Å². The monoisotopic (exact) mass is 528 g/mol. The normalized spacial score (nSPS) is 36.6. The van der Waals surface area contributed by atoms with Crippen LogP contribution in [0.25, 0.3) is 0 Å². The summed E-state index contributed by atoms with van der Waals surface area (Å²) in [7, 11) is 0. The predicted octanol–water partition coefficient (Wildman–Crippen LogP) is 6.11. The van der Waals surface area contributed by atoms with Gasteiger partial charge in [-0.25, -0.2) is 10.0 Å². The molecule has 0 bridgehead atoms. The van der Waals surface area contributed by atoms with Crippen molar-refractivity contribution in [2.75, 3.05) is 58.9 Å². The molecule has 0 aromatic rings. The molecule has 0 aromatic heterocycles.